The largest absolute Gasteiger partial charge is 0.458 e. The van der Waals surface area contributed by atoms with Crippen LogP contribution in [0.4, 0.5) is 0 Å². The van der Waals surface area contributed by atoms with Crippen LogP contribution >= 0.6 is 11.6 Å². The summed E-state index contributed by atoms with van der Waals surface area (Å²) < 4.78 is 39.0. The quantitative estimate of drug-likeness (QED) is 0.546. The minimum Gasteiger partial charge on any atom is -0.458 e. The number of esters is 1. The monoisotopic (exact) mass is 516 g/mol. The van der Waals surface area contributed by atoms with Gasteiger partial charge in [-0.1, -0.05) is 18.0 Å². The molecular formula is C24H37ClN2O6S. The van der Waals surface area contributed by atoms with Crippen LogP contribution in [0.15, 0.2) is 23.1 Å². The van der Waals surface area contributed by atoms with Crippen LogP contribution in [-0.2, 0) is 24.3 Å². The molecule has 1 aliphatic rings. The van der Waals surface area contributed by atoms with E-state index in [0.29, 0.717) is 13.1 Å². The molecule has 1 fully saturated rings. The first-order valence-corrected chi connectivity index (χ1v) is 13.3. The Kier molecular flexibility index (Phi) is 9.18. The van der Waals surface area contributed by atoms with E-state index < -0.39 is 45.2 Å². The molecule has 0 bridgehead atoms. The van der Waals surface area contributed by atoms with Crippen molar-refractivity contribution in [2.24, 2.45) is 0 Å². The maximum Gasteiger partial charge on any atom is 0.331 e. The molecule has 8 nitrogen and oxygen atoms in total. The highest BCUT2D eigenvalue weighted by Gasteiger charge is 2.35. The maximum atomic E-state index is 13.2. The van der Waals surface area contributed by atoms with Gasteiger partial charge in [-0.25, -0.2) is 13.2 Å². The van der Waals surface area contributed by atoms with Crippen molar-refractivity contribution < 1.29 is 27.5 Å². The van der Waals surface area contributed by atoms with Crippen LogP contribution in [0.25, 0.3) is 0 Å². The fourth-order valence-electron chi connectivity index (χ4n) is 3.67. The van der Waals surface area contributed by atoms with Crippen molar-refractivity contribution >= 4 is 33.5 Å². The number of benzene rings is 1. The Morgan fingerprint density at radius 1 is 1.03 bits per heavy atom. The average Bonchev–Trinajstić information content (AvgIpc) is 2.70. The number of ether oxygens (including phenoxy) is 2. The molecule has 1 N–H and O–H groups in total. The van der Waals surface area contributed by atoms with Gasteiger partial charge in [0.25, 0.3) is 5.91 Å². The van der Waals surface area contributed by atoms with Gasteiger partial charge in [0.15, 0.2) is 6.04 Å². The summed E-state index contributed by atoms with van der Waals surface area (Å²) in [6, 6.07) is 2.89. The van der Waals surface area contributed by atoms with Gasteiger partial charge in [-0.05, 0) is 79.5 Å². The van der Waals surface area contributed by atoms with Gasteiger partial charge in [0, 0.05) is 13.1 Å². The molecule has 0 aliphatic carbocycles. The first-order chi connectivity index (χ1) is 15.5. The lowest BCUT2D eigenvalue weighted by molar-refractivity contribution is -0.164. The zero-order chi connectivity index (χ0) is 25.9. The van der Waals surface area contributed by atoms with E-state index in [1.54, 1.807) is 27.7 Å². The predicted octanol–water partition coefficient (Wildman–Crippen LogP) is 4.16. The third-order valence-electron chi connectivity index (χ3n) is 5.09. The highest BCUT2D eigenvalue weighted by atomic mass is 35.5. The number of nitrogens with one attached hydrogen (secondary N) is 1. The van der Waals surface area contributed by atoms with Crippen LogP contribution in [0.1, 0.15) is 78.1 Å². The number of hydrogen-bond donors (Lipinski definition) is 1. The number of hydrogen-bond acceptors (Lipinski definition) is 6. The molecule has 0 saturated carbocycles. The van der Waals surface area contributed by atoms with Gasteiger partial charge in [0.1, 0.15) is 5.60 Å². The zero-order valence-corrected chi connectivity index (χ0v) is 22.7. The van der Waals surface area contributed by atoms with Crippen molar-refractivity contribution in [3.05, 3.63) is 28.8 Å². The Labute approximate surface area is 208 Å². The van der Waals surface area contributed by atoms with E-state index in [0.717, 1.165) is 19.3 Å². The Hall–Kier alpha value is -1.68. The molecule has 1 saturated heterocycles. The highest BCUT2D eigenvalue weighted by molar-refractivity contribution is 7.89. The summed E-state index contributed by atoms with van der Waals surface area (Å²) in [5, 5.41) is 2.72. The Balaban J connectivity index is 2.35. The lowest BCUT2D eigenvalue weighted by Gasteiger charge is -2.32. The third kappa shape index (κ3) is 7.93. The summed E-state index contributed by atoms with van der Waals surface area (Å²) in [4.78, 5) is 26.1. The molecule has 34 heavy (non-hydrogen) atoms. The van der Waals surface area contributed by atoms with Crippen molar-refractivity contribution in [1.82, 2.24) is 9.62 Å². The van der Waals surface area contributed by atoms with Gasteiger partial charge in [-0.15, -0.1) is 0 Å². The van der Waals surface area contributed by atoms with Crippen molar-refractivity contribution in [1.29, 1.82) is 0 Å². The summed E-state index contributed by atoms with van der Waals surface area (Å²) in [7, 11) is -3.77. The first kappa shape index (κ1) is 28.6. The fourth-order valence-corrected chi connectivity index (χ4v) is 5.42. The van der Waals surface area contributed by atoms with Crippen molar-refractivity contribution in [2.45, 2.75) is 96.0 Å². The number of carbonyl (C=O) groups is 2. The number of nitrogens with zero attached hydrogens (tertiary/aromatic N) is 1. The molecule has 192 valence electrons. The normalized spacial score (nSPS) is 17.6. The van der Waals surface area contributed by atoms with Crippen molar-refractivity contribution in [3.63, 3.8) is 0 Å². The number of sulfonamides is 1. The van der Waals surface area contributed by atoms with E-state index >= 15 is 0 Å². The standard InChI is InChI=1S/C24H37ClN2O6S/c1-16(32-23(2,3)4)20(22(29)33-24(5,6)7)26-21(28)18-15-17(11-12-19(18)25)34(30,31)27-13-9-8-10-14-27/h11-12,15-16,20H,8-10,13-14H2,1-7H3,(H,26,28)/t16-,20+/m0/s1. The molecule has 1 aromatic rings. The lowest BCUT2D eigenvalue weighted by Crippen LogP contribution is -2.52. The molecular weight excluding hydrogens is 480 g/mol. The molecule has 2 atom stereocenters. The fraction of sp³-hybridized carbons (Fsp3) is 0.667. The second kappa shape index (κ2) is 10.9. The maximum absolute atomic E-state index is 13.2. The molecule has 0 radical (unpaired) electrons. The van der Waals surface area contributed by atoms with Crippen LogP contribution in [0, 0.1) is 0 Å². The van der Waals surface area contributed by atoms with Gasteiger partial charge in [-0.2, -0.15) is 4.31 Å². The predicted molar refractivity (Wildman–Crippen MR) is 131 cm³/mol. The summed E-state index contributed by atoms with van der Waals surface area (Å²) in [6.45, 7) is 13.2. The lowest BCUT2D eigenvalue weighted by atomic mass is 10.1. The van der Waals surface area contributed by atoms with Crippen LogP contribution in [0.5, 0.6) is 0 Å². The molecule has 1 amide bonds. The van der Waals surface area contributed by atoms with Crippen LogP contribution in [-0.4, -0.2) is 61.0 Å². The van der Waals surface area contributed by atoms with E-state index in [1.807, 2.05) is 20.8 Å². The van der Waals surface area contributed by atoms with Crippen LogP contribution < -0.4 is 5.32 Å². The molecule has 2 rings (SSSR count). The van der Waals surface area contributed by atoms with Crippen LogP contribution in [0.2, 0.25) is 5.02 Å². The van der Waals surface area contributed by atoms with E-state index in [4.69, 9.17) is 21.1 Å². The number of amides is 1. The van der Waals surface area contributed by atoms with E-state index in [-0.39, 0.29) is 15.5 Å². The molecule has 1 aliphatic heterocycles. The summed E-state index contributed by atoms with van der Waals surface area (Å²) in [6.07, 6.45) is 1.85. The van der Waals surface area contributed by atoms with Crippen molar-refractivity contribution in [2.75, 3.05) is 13.1 Å². The number of halogens is 1. The summed E-state index contributed by atoms with van der Waals surface area (Å²) in [5.74, 6) is -1.35. The molecule has 1 heterocycles. The van der Waals surface area contributed by atoms with E-state index in [2.05, 4.69) is 5.32 Å². The molecule has 0 unspecified atom stereocenters. The average molecular weight is 517 g/mol. The molecule has 1 aromatic carbocycles. The molecule has 10 heteroatoms. The van der Waals surface area contributed by atoms with Crippen molar-refractivity contribution in [3.8, 4) is 0 Å². The Morgan fingerprint density at radius 2 is 1.62 bits per heavy atom. The number of carbonyl (C=O) groups excluding carboxylic acids is 2. The highest BCUT2D eigenvalue weighted by Crippen LogP contribution is 2.26. The van der Waals surface area contributed by atoms with Gasteiger partial charge in [0.05, 0.1) is 27.2 Å². The topological polar surface area (TPSA) is 102 Å². The van der Waals surface area contributed by atoms with Gasteiger partial charge in [-0.3, -0.25) is 4.79 Å². The minimum atomic E-state index is -3.77. The first-order valence-electron chi connectivity index (χ1n) is 11.5. The summed E-state index contributed by atoms with van der Waals surface area (Å²) in [5.41, 5.74) is -1.40. The smallest absolute Gasteiger partial charge is 0.331 e. The minimum absolute atomic E-state index is 0.0169. The van der Waals surface area contributed by atoms with E-state index in [1.165, 1.54) is 22.5 Å². The van der Waals surface area contributed by atoms with Gasteiger partial charge in [0.2, 0.25) is 10.0 Å². The second-order valence-corrected chi connectivity index (χ2v) is 12.9. The second-order valence-electron chi connectivity index (χ2n) is 10.5. The molecule has 0 aromatic heterocycles. The summed E-state index contributed by atoms with van der Waals surface area (Å²) >= 11 is 6.27. The Morgan fingerprint density at radius 3 is 2.15 bits per heavy atom. The Bertz CT molecular complexity index is 992. The molecule has 0 spiro atoms. The van der Waals surface area contributed by atoms with Gasteiger partial charge < -0.3 is 14.8 Å². The number of rotatable bonds is 7. The van der Waals surface area contributed by atoms with Crippen LogP contribution in [0.3, 0.4) is 0 Å². The van der Waals surface area contributed by atoms with E-state index in [9.17, 15) is 18.0 Å². The number of piperidine rings is 1. The SMILES string of the molecule is C[C@H](OC(C)(C)C)[C@@H](NC(=O)c1cc(S(=O)(=O)N2CCCCC2)ccc1Cl)C(=O)OC(C)(C)C. The van der Waals surface area contributed by atoms with Gasteiger partial charge >= 0.3 is 5.97 Å². The third-order valence-corrected chi connectivity index (χ3v) is 7.32. The zero-order valence-electron chi connectivity index (χ0n) is 21.1.